The van der Waals surface area contributed by atoms with Crippen LogP contribution in [0.4, 0.5) is 10.5 Å². The lowest BCUT2D eigenvalue weighted by molar-refractivity contribution is -0.117. The van der Waals surface area contributed by atoms with Crippen LogP contribution in [0.15, 0.2) is 30.3 Å². The van der Waals surface area contributed by atoms with Crippen LogP contribution in [0.1, 0.15) is 27.7 Å². The molecule has 0 heterocycles. The fourth-order valence-electron chi connectivity index (χ4n) is 1.67. The van der Waals surface area contributed by atoms with Crippen molar-refractivity contribution in [1.82, 2.24) is 5.32 Å². The van der Waals surface area contributed by atoms with Crippen LogP contribution in [0.25, 0.3) is 0 Å². The number of carbonyl (C=O) groups is 2. The van der Waals surface area contributed by atoms with Crippen LogP contribution in [0, 0.1) is 0 Å². The summed E-state index contributed by atoms with van der Waals surface area (Å²) in [6.07, 6.45) is -0.588. The van der Waals surface area contributed by atoms with Crippen molar-refractivity contribution in [1.29, 1.82) is 0 Å². The maximum absolute atomic E-state index is 12.1. The largest absolute Gasteiger partial charge is 0.444 e. The Kier molecular flexibility index (Phi) is 5.55. The number of alkyl carbamates (subject to hydrolysis) is 1. The highest BCUT2D eigenvalue weighted by molar-refractivity contribution is 5.96. The van der Waals surface area contributed by atoms with Crippen LogP contribution >= 0.6 is 0 Å². The van der Waals surface area contributed by atoms with Gasteiger partial charge in [0.05, 0.1) is 0 Å². The Morgan fingerprint density at radius 2 is 1.80 bits per heavy atom. The second-order valence-corrected chi connectivity index (χ2v) is 5.33. The van der Waals surface area contributed by atoms with Crippen molar-refractivity contribution in [2.75, 3.05) is 18.0 Å². The highest BCUT2D eigenvalue weighted by atomic mass is 16.6. The Balaban J connectivity index is 2.55. The van der Waals surface area contributed by atoms with Crippen molar-refractivity contribution in [3.63, 3.8) is 0 Å². The summed E-state index contributed by atoms with van der Waals surface area (Å²) in [7, 11) is 0. The van der Waals surface area contributed by atoms with Crippen molar-refractivity contribution in [2.24, 2.45) is 0 Å². The summed E-state index contributed by atoms with van der Waals surface area (Å²) in [4.78, 5) is 25.2. The molecule has 1 aromatic rings. The standard InChI is InChI=1S/C15H22N2O3/c1-5-17(12-9-7-6-8-10-12)13(18)11-16-14(19)20-15(2,3)4/h6-10H,5,11H2,1-4H3,(H,16,19). The molecule has 0 fully saturated rings. The topological polar surface area (TPSA) is 58.6 Å². The lowest BCUT2D eigenvalue weighted by Crippen LogP contribution is -2.42. The molecule has 2 amide bonds. The van der Waals surface area contributed by atoms with E-state index in [9.17, 15) is 9.59 Å². The molecule has 0 aromatic heterocycles. The van der Waals surface area contributed by atoms with Crippen LogP contribution in [0.3, 0.4) is 0 Å². The molecule has 0 saturated carbocycles. The van der Waals surface area contributed by atoms with Crippen LogP contribution in [0.2, 0.25) is 0 Å². The number of anilines is 1. The Morgan fingerprint density at radius 3 is 2.30 bits per heavy atom. The Morgan fingerprint density at radius 1 is 1.20 bits per heavy atom. The minimum absolute atomic E-state index is 0.0857. The molecular weight excluding hydrogens is 256 g/mol. The van der Waals surface area contributed by atoms with E-state index in [0.717, 1.165) is 5.69 Å². The number of para-hydroxylation sites is 1. The maximum atomic E-state index is 12.1. The zero-order chi connectivity index (χ0) is 15.2. The Hall–Kier alpha value is -2.04. The molecule has 0 aliphatic rings. The number of benzene rings is 1. The Bertz CT molecular complexity index is 452. The van der Waals surface area contributed by atoms with Gasteiger partial charge in [-0.3, -0.25) is 4.79 Å². The third kappa shape index (κ3) is 5.30. The minimum atomic E-state index is -0.588. The molecule has 0 aliphatic heterocycles. The van der Waals surface area contributed by atoms with E-state index in [0.29, 0.717) is 6.54 Å². The van der Waals surface area contributed by atoms with E-state index in [1.807, 2.05) is 37.3 Å². The molecule has 0 radical (unpaired) electrons. The third-order valence-electron chi connectivity index (χ3n) is 2.47. The first kappa shape index (κ1) is 16.0. The predicted octanol–water partition coefficient (Wildman–Crippen LogP) is 2.56. The van der Waals surface area contributed by atoms with Gasteiger partial charge in [0, 0.05) is 12.2 Å². The van der Waals surface area contributed by atoms with Gasteiger partial charge in [-0.05, 0) is 39.8 Å². The molecule has 0 spiro atoms. The number of nitrogens with one attached hydrogen (secondary N) is 1. The van der Waals surface area contributed by atoms with E-state index in [1.54, 1.807) is 25.7 Å². The number of likely N-dealkylation sites (N-methyl/N-ethyl adjacent to an activating group) is 1. The quantitative estimate of drug-likeness (QED) is 0.921. The number of hydrogen-bond acceptors (Lipinski definition) is 3. The SMILES string of the molecule is CCN(C(=O)CNC(=O)OC(C)(C)C)c1ccccc1. The average molecular weight is 278 g/mol. The summed E-state index contributed by atoms with van der Waals surface area (Å²) in [6.45, 7) is 7.67. The number of carbonyl (C=O) groups excluding carboxylic acids is 2. The lowest BCUT2D eigenvalue weighted by Gasteiger charge is -2.22. The molecule has 1 N–H and O–H groups in total. The van der Waals surface area contributed by atoms with E-state index in [4.69, 9.17) is 4.74 Å². The van der Waals surface area contributed by atoms with Gasteiger partial charge < -0.3 is 15.0 Å². The van der Waals surface area contributed by atoms with Crippen LogP contribution in [0.5, 0.6) is 0 Å². The third-order valence-corrected chi connectivity index (χ3v) is 2.47. The summed E-state index contributed by atoms with van der Waals surface area (Å²) in [5, 5.41) is 2.47. The Labute approximate surface area is 119 Å². The molecule has 0 saturated heterocycles. The minimum Gasteiger partial charge on any atom is -0.444 e. The van der Waals surface area contributed by atoms with Crippen LogP contribution < -0.4 is 10.2 Å². The zero-order valence-corrected chi connectivity index (χ0v) is 12.5. The maximum Gasteiger partial charge on any atom is 0.408 e. The van der Waals surface area contributed by atoms with Crippen LogP contribution in [-0.4, -0.2) is 30.7 Å². The fraction of sp³-hybridized carbons (Fsp3) is 0.467. The number of rotatable bonds is 4. The van der Waals surface area contributed by atoms with Gasteiger partial charge in [-0.15, -0.1) is 0 Å². The molecule has 1 aromatic carbocycles. The molecule has 0 aliphatic carbocycles. The summed E-state index contributed by atoms with van der Waals surface area (Å²) in [5.41, 5.74) is 0.239. The van der Waals surface area contributed by atoms with Crippen molar-refractivity contribution in [3.05, 3.63) is 30.3 Å². The molecule has 5 nitrogen and oxygen atoms in total. The van der Waals surface area contributed by atoms with Gasteiger partial charge >= 0.3 is 6.09 Å². The van der Waals surface area contributed by atoms with E-state index in [-0.39, 0.29) is 12.5 Å². The van der Waals surface area contributed by atoms with Gasteiger partial charge in [-0.2, -0.15) is 0 Å². The van der Waals surface area contributed by atoms with E-state index in [2.05, 4.69) is 5.32 Å². The fourth-order valence-corrected chi connectivity index (χ4v) is 1.67. The van der Waals surface area contributed by atoms with Gasteiger partial charge in [0.15, 0.2) is 0 Å². The smallest absolute Gasteiger partial charge is 0.408 e. The molecule has 0 atom stereocenters. The van der Waals surface area contributed by atoms with Gasteiger partial charge in [-0.25, -0.2) is 4.79 Å². The number of ether oxygens (including phenoxy) is 1. The van der Waals surface area contributed by atoms with Gasteiger partial charge in [0.2, 0.25) is 5.91 Å². The van der Waals surface area contributed by atoms with Crippen molar-refractivity contribution in [3.8, 4) is 0 Å². The van der Waals surface area contributed by atoms with Crippen LogP contribution in [-0.2, 0) is 9.53 Å². The van der Waals surface area contributed by atoms with Gasteiger partial charge in [0.25, 0.3) is 0 Å². The lowest BCUT2D eigenvalue weighted by atomic mass is 10.2. The second kappa shape index (κ2) is 6.93. The highest BCUT2D eigenvalue weighted by Gasteiger charge is 2.18. The summed E-state index contributed by atoms with van der Waals surface area (Å²) in [6, 6.07) is 9.34. The first-order valence-corrected chi connectivity index (χ1v) is 6.65. The summed E-state index contributed by atoms with van der Waals surface area (Å²) in [5.74, 6) is -0.176. The van der Waals surface area contributed by atoms with E-state index in [1.165, 1.54) is 0 Å². The van der Waals surface area contributed by atoms with Crippen molar-refractivity contribution < 1.29 is 14.3 Å². The number of hydrogen-bond donors (Lipinski definition) is 1. The first-order valence-electron chi connectivity index (χ1n) is 6.65. The molecule has 0 bridgehead atoms. The molecular formula is C15H22N2O3. The monoisotopic (exact) mass is 278 g/mol. The highest BCUT2D eigenvalue weighted by Crippen LogP contribution is 2.12. The molecule has 0 unspecified atom stereocenters. The summed E-state index contributed by atoms with van der Waals surface area (Å²) >= 11 is 0. The van der Waals surface area contributed by atoms with Crippen molar-refractivity contribution >= 4 is 17.7 Å². The van der Waals surface area contributed by atoms with Gasteiger partial charge in [-0.1, -0.05) is 18.2 Å². The second-order valence-electron chi connectivity index (χ2n) is 5.33. The predicted molar refractivity (Wildman–Crippen MR) is 78.7 cm³/mol. The van der Waals surface area contributed by atoms with E-state index >= 15 is 0 Å². The van der Waals surface area contributed by atoms with Gasteiger partial charge in [0.1, 0.15) is 12.1 Å². The number of amides is 2. The van der Waals surface area contributed by atoms with Crippen molar-refractivity contribution in [2.45, 2.75) is 33.3 Å². The normalized spacial score (nSPS) is 10.8. The summed E-state index contributed by atoms with van der Waals surface area (Å²) < 4.78 is 5.09. The molecule has 5 heteroatoms. The van der Waals surface area contributed by atoms with E-state index < -0.39 is 11.7 Å². The molecule has 1 rings (SSSR count). The number of nitrogens with zero attached hydrogens (tertiary/aromatic N) is 1. The molecule has 20 heavy (non-hydrogen) atoms. The average Bonchev–Trinajstić information content (AvgIpc) is 2.36. The zero-order valence-electron chi connectivity index (χ0n) is 12.5. The first-order chi connectivity index (χ1) is 9.33. The molecule has 110 valence electrons.